The van der Waals surface area contributed by atoms with Crippen LogP contribution in [0, 0.1) is 0 Å². The first-order chi connectivity index (χ1) is 30.0. The fraction of sp³-hybridized carbons (Fsp3) is 0.800. The number of hydrogen-bond acceptors (Lipinski definition) is 6. The smallest absolute Gasteiger partial charge is 0.306 e. The molecule has 0 aromatic carbocycles. The highest BCUT2D eigenvalue weighted by Gasteiger charge is 2.19. The molecule has 0 heterocycles. The number of esters is 3. The van der Waals surface area contributed by atoms with Crippen LogP contribution in [0.3, 0.4) is 0 Å². The Hall–Kier alpha value is -2.63. The first-order valence-electron chi connectivity index (χ1n) is 26.1. The highest BCUT2D eigenvalue weighted by Crippen LogP contribution is 2.14. The second kappa shape index (κ2) is 50.0. The molecule has 0 saturated heterocycles. The average Bonchev–Trinajstić information content (AvgIpc) is 3.26. The zero-order chi connectivity index (χ0) is 44.4. The van der Waals surface area contributed by atoms with Crippen molar-refractivity contribution in [2.45, 2.75) is 271 Å². The lowest BCUT2D eigenvalue weighted by Crippen LogP contribution is -2.30. The zero-order valence-electron chi connectivity index (χ0n) is 40.4. The zero-order valence-corrected chi connectivity index (χ0v) is 40.4. The Morgan fingerprint density at radius 3 is 1.00 bits per heavy atom. The van der Waals surface area contributed by atoms with Crippen LogP contribution in [0.5, 0.6) is 0 Å². The first-order valence-corrected chi connectivity index (χ1v) is 26.1. The topological polar surface area (TPSA) is 78.9 Å². The van der Waals surface area contributed by atoms with E-state index in [-0.39, 0.29) is 37.5 Å². The van der Waals surface area contributed by atoms with Crippen molar-refractivity contribution in [2.75, 3.05) is 13.2 Å². The van der Waals surface area contributed by atoms with Gasteiger partial charge in [0.1, 0.15) is 13.2 Å². The maximum Gasteiger partial charge on any atom is 0.306 e. The van der Waals surface area contributed by atoms with E-state index in [4.69, 9.17) is 14.2 Å². The van der Waals surface area contributed by atoms with E-state index >= 15 is 0 Å². The van der Waals surface area contributed by atoms with Crippen LogP contribution in [0.2, 0.25) is 0 Å². The summed E-state index contributed by atoms with van der Waals surface area (Å²) < 4.78 is 16.7. The largest absolute Gasteiger partial charge is 0.462 e. The highest BCUT2D eigenvalue weighted by atomic mass is 16.6. The van der Waals surface area contributed by atoms with Crippen LogP contribution >= 0.6 is 0 Å². The molecule has 1 atom stereocenters. The summed E-state index contributed by atoms with van der Waals surface area (Å²) in [6.45, 7) is 6.56. The van der Waals surface area contributed by atoms with Crippen molar-refractivity contribution in [3.63, 3.8) is 0 Å². The lowest BCUT2D eigenvalue weighted by molar-refractivity contribution is -0.166. The monoisotopic (exact) mass is 855 g/mol. The Morgan fingerprint density at radius 1 is 0.328 bits per heavy atom. The Bertz CT molecular complexity index is 1070. The van der Waals surface area contributed by atoms with Gasteiger partial charge in [-0.2, -0.15) is 0 Å². The summed E-state index contributed by atoms with van der Waals surface area (Å²) in [5, 5.41) is 0. The second-order valence-electron chi connectivity index (χ2n) is 17.4. The summed E-state index contributed by atoms with van der Waals surface area (Å²) in [7, 11) is 0. The van der Waals surface area contributed by atoms with Gasteiger partial charge in [0, 0.05) is 19.3 Å². The van der Waals surface area contributed by atoms with Gasteiger partial charge in [-0.15, -0.1) is 0 Å². The van der Waals surface area contributed by atoms with E-state index in [1.165, 1.54) is 154 Å². The molecule has 0 N–H and O–H groups in total. The summed E-state index contributed by atoms with van der Waals surface area (Å²) in [5.74, 6) is -0.985. The molecule has 0 saturated carbocycles. The van der Waals surface area contributed by atoms with Gasteiger partial charge in [0.15, 0.2) is 6.10 Å². The summed E-state index contributed by atoms with van der Waals surface area (Å²) in [6, 6.07) is 0. The number of allylic oxidation sites excluding steroid dienone is 8. The lowest BCUT2D eigenvalue weighted by atomic mass is 10.1. The van der Waals surface area contributed by atoms with Crippen molar-refractivity contribution in [1.82, 2.24) is 0 Å². The molecular formula is C55H98O6. The van der Waals surface area contributed by atoms with Gasteiger partial charge >= 0.3 is 17.9 Å². The van der Waals surface area contributed by atoms with Gasteiger partial charge in [0.05, 0.1) is 0 Å². The molecule has 1 unspecified atom stereocenters. The molecular weight excluding hydrogens is 757 g/mol. The van der Waals surface area contributed by atoms with Crippen LogP contribution in [0.25, 0.3) is 0 Å². The van der Waals surface area contributed by atoms with Crippen LogP contribution < -0.4 is 0 Å². The fourth-order valence-electron chi connectivity index (χ4n) is 7.31. The molecule has 0 amide bonds. The van der Waals surface area contributed by atoms with Crippen LogP contribution in [-0.4, -0.2) is 37.2 Å². The van der Waals surface area contributed by atoms with E-state index in [1.807, 2.05) is 6.08 Å². The van der Waals surface area contributed by atoms with Crippen molar-refractivity contribution in [3.05, 3.63) is 48.6 Å². The fourth-order valence-corrected chi connectivity index (χ4v) is 7.31. The van der Waals surface area contributed by atoms with Crippen molar-refractivity contribution in [1.29, 1.82) is 0 Å². The van der Waals surface area contributed by atoms with E-state index in [0.29, 0.717) is 19.3 Å². The predicted molar refractivity (Wildman–Crippen MR) is 261 cm³/mol. The lowest BCUT2D eigenvalue weighted by Gasteiger charge is -2.18. The third-order valence-corrected chi connectivity index (χ3v) is 11.3. The Kier molecular flexibility index (Phi) is 47.9. The predicted octanol–water partition coefficient (Wildman–Crippen LogP) is 17.1. The third-order valence-electron chi connectivity index (χ3n) is 11.3. The number of ether oxygens (including phenoxy) is 3. The quantitative estimate of drug-likeness (QED) is 0.0263. The van der Waals surface area contributed by atoms with E-state index in [1.54, 1.807) is 0 Å². The van der Waals surface area contributed by atoms with Crippen LogP contribution in [0.1, 0.15) is 265 Å². The van der Waals surface area contributed by atoms with Crippen molar-refractivity contribution in [3.8, 4) is 0 Å². The van der Waals surface area contributed by atoms with E-state index in [0.717, 1.165) is 64.2 Å². The molecule has 0 rings (SSSR count). The Morgan fingerprint density at radius 2 is 0.623 bits per heavy atom. The number of carbonyl (C=O) groups is 3. The molecule has 0 aromatic heterocycles. The summed E-state index contributed by atoms with van der Waals surface area (Å²) in [6.07, 6.45) is 59.6. The number of unbranched alkanes of at least 4 members (excludes halogenated alkanes) is 28. The van der Waals surface area contributed by atoms with Crippen molar-refractivity contribution < 1.29 is 28.6 Å². The molecule has 0 fully saturated rings. The van der Waals surface area contributed by atoms with Gasteiger partial charge in [0.25, 0.3) is 0 Å². The van der Waals surface area contributed by atoms with Gasteiger partial charge in [0.2, 0.25) is 0 Å². The Labute approximate surface area is 378 Å². The van der Waals surface area contributed by atoms with Crippen LogP contribution in [0.4, 0.5) is 0 Å². The van der Waals surface area contributed by atoms with E-state index in [2.05, 4.69) is 63.3 Å². The molecule has 0 aliphatic rings. The minimum absolute atomic E-state index is 0.102. The first kappa shape index (κ1) is 58.4. The molecule has 0 aliphatic heterocycles. The molecule has 0 aliphatic carbocycles. The SMILES string of the molecule is CCCCCCCC/C=C\C/C=C\CCC(=O)OC(COC(=O)CCCCC/C=C\CCCCCCCC)COC(=O)CCCCCCCCC/C=C\CCCCCCCC. The van der Waals surface area contributed by atoms with Crippen molar-refractivity contribution >= 4 is 17.9 Å². The summed E-state index contributed by atoms with van der Waals surface area (Å²) in [5.41, 5.74) is 0. The minimum Gasteiger partial charge on any atom is -0.462 e. The minimum atomic E-state index is -0.809. The summed E-state index contributed by atoms with van der Waals surface area (Å²) in [4.78, 5) is 37.9. The number of carbonyl (C=O) groups excluding carboxylic acids is 3. The summed E-state index contributed by atoms with van der Waals surface area (Å²) >= 11 is 0. The molecule has 6 nitrogen and oxygen atoms in total. The average molecular weight is 855 g/mol. The highest BCUT2D eigenvalue weighted by molar-refractivity contribution is 5.71. The van der Waals surface area contributed by atoms with E-state index < -0.39 is 6.10 Å². The maximum atomic E-state index is 12.7. The van der Waals surface area contributed by atoms with Gasteiger partial charge in [-0.3, -0.25) is 14.4 Å². The van der Waals surface area contributed by atoms with Crippen molar-refractivity contribution in [2.24, 2.45) is 0 Å². The van der Waals surface area contributed by atoms with Gasteiger partial charge in [-0.25, -0.2) is 0 Å². The van der Waals surface area contributed by atoms with E-state index in [9.17, 15) is 14.4 Å². The normalized spacial score (nSPS) is 12.4. The molecule has 0 bridgehead atoms. The number of rotatable bonds is 47. The standard InChI is InChI=1S/C55H98O6/c1-4-7-10-13-16-19-22-25-26-27-28-31-33-36-39-42-45-48-54(57)60-51-52(61-55(58)49-46-43-40-37-34-30-24-21-18-15-12-9-6-3)50-59-53(56)47-44-41-38-35-32-29-23-20-17-14-11-8-5-2/h25-26,29-30,32,34,40,43,52H,4-24,27-28,31,33,35-39,41-42,44-51H2,1-3H3/b26-25-,32-29-,34-30-,43-40-. The van der Waals surface area contributed by atoms with Gasteiger partial charge < -0.3 is 14.2 Å². The maximum absolute atomic E-state index is 12.7. The van der Waals surface area contributed by atoms with Crippen LogP contribution in [0.15, 0.2) is 48.6 Å². The third kappa shape index (κ3) is 48.3. The van der Waals surface area contributed by atoms with Crippen LogP contribution in [-0.2, 0) is 28.6 Å². The Balaban J connectivity index is 4.43. The molecule has 0 spiro atoms. The molecule has 0 aromatic rings. The second-order valence-corrected chi connectivity index (χ2v) is 17.4. The van der Waals surface area contributed by atoms with Gasteiger partial charge in [-0.05, 0) is 89.9 Å². The van der Waals surface area contributed by atoms with Gasteiger partial charge in [-0.1, -0.05) is 204 Å². The molecule has 6 heteroatoms. The molecule has 354 valence electrons. The molecule has 0 radical (unpaired) electrons. The number of hydrogen-bond donors (Lipinski definition) is 0. The molecule has 61 heavy (non-hydrogen) atoms.